The van der Waals surface area contributed by atoms with Crippen LogP contribution in [0.25, 0.3) is 0 Å². The van der Waals surface area contributed by atoms with Gasteiger partial charge in [0.15, 0.2) is 0 Å². The Labute approximate surface area is 105 Å². The van der Waals surface area contributed by atoms with Crippen molar-refractivity contribution >= 4 is 0 Å². The van der Waals surface area contributed by atoms with E-state index in [0.717, 1.165) is 25.9 Å². The van der Waals surface area contributed by atoms with Crippen molar-refractivity contribution in [3.8, 4) is 0 Å². The Kier molecular flexibility index (Phi) is 5.22. The average Bonchev–Trinajstić information content (AvgIpc) is 2.70. The third kappa shape index (κ3) is 4.92. The highest BCUT2D eigenvalue weighted by atomic mass is 16.3. The quantitative estimate of drug-likeness (QED) is 0.766. The summed E-state index contributed by atoms with van der Waals surface area (Å²) in [6, 6.07) is 2.62. The molecule has 0 aliphatic heterocycles. The zero-order valence-corrected chi connectivity index (χ0v) is 11.5. The van der Waals surface area contributed by atoms with Gasteiger partial charge < -0.3 is 15.0 Å². The zero-order chi connectivity index (χ0) is 12.9. The van der Waals surface area contributed by atoms with E-state index in [1.54, 1.807) is 0 Å². The van der Waals surface area contributed by atoms with E-state index in [1.807, 2.05) is 13.8 Å². The molecule has 0 aliphatic carbocycles. The molecule has 1 heterocycles. The van der Waals surface area contributed by atoms with Crippen molar-refractivity contribution < 1.29 is 5.11 Å². The smallest absolute Gasteiger partial charge is 0.0608 e. The van der Waals surface area contributed by atoms with Crippen LogP contribution in [0.5, 0.6) is 0 Å². The zero-order valence-electron chi connectivity index (χ0n) is 11.5. The van der Waals surface area contributed by atoms with Crippen molar-refractivity contribution in [2.45, 2.75) is 58.7 Å². The molecular formula is C14H26N2O. The number of aryl methyl sites for hydroxylation is 1. The lowest BCUT2D eigenvalue weighted by Gasteiger charge is -2.17. The Morgan fingerprint density at radius 2 is 2.12 bits per heavy atom. The number of hydrogen-bond donors (Lipinski definition) is 2. The van der Waals surface area contributed by atoms with Crippen molar-refractivity contribution in [3.05, 3.63) is 24.0 Å². The van der Waals surface area contributed by atoms with Gasteiger partial charge >= 0.3 is 0 Å². The van der Waals surface area contributed by atoms with Crippen LogP contribution in [0.2, 0.25) is 0 Å². The largest absolute Gasteiger partial charge is 0.390 e. The molecular weight excluding hydrogens is 212 g/mol. The van der Waals surface area contributed by atoms with Crippen molar-refractivity contribution in [1.29, 1.82) is 0 Å². The van der Waals surface area contributed by atoms with Crippen LogP contribution in [0.15, 0.2) is 18.5 Å². The van der Waals surface area contributed by atoms with Crippen LogP contribution in [0, 0.1) is 0 Å². The van der Waals surface area contributed by atoms with Gasteiger partial charge in [-0.25, -0.2) is 0 Å². The summed E-state index contributed by atoms with van der Waals surface area (Å²) >= 11 is 0. The van der Waals surface area contributed by atoms with E-state index >= 15 is 0 Å². The predicted octanol–water partition coefficient (Wildman–Crippen LogP) is 2.71. The van der Waals surface area contributed by atoms with Gasteiger partial charge in [-0.3, -0.25) is 0 Å². The van der Waals surface area contributed by atoms with Gasteiger partial charge in [0.2, 0.25) is 0 Å². The Hall–Kier alpha value is -0.800. The summed E-state index contributed by atoms with van der Waals surface area (Å²) in [4.78, 5) is 0. The van der Waals surface area contributed by atoms with Crippen molar-refractivity contribution in [2.75, 3.05) is 6.54 Å². The third-order valence-electron chi connectivity index (χ3n) is 3.02. The van der Waals surface area contributed by atoms with E-state index in [2.05, 4.69) is 42.2 Å². The summed E-state index contributed by atoms with van der Waals surface area (Å²) in [6.45, 7) is 9.89. The lowest BCUT2D eigenvalue weighted by atomic mass is 10.1. The fourth-order valence-electron chi connectivity index (χ4n) is 1.95. The van der Waals surface area contributed by atoms with Crippen LogP contribution in [0.4, 0.5) is 0 Å². The Morgan fingerprint density at radius 3 is 2.65 bits per heavy atom. The number of hydrogen-bond acceptors (Lipinski definition) is 2. The first-order valence-electron chi connectivity index (χ1n) is 6.57. The van der Waals surface area contributed by atoms with Gasteiger partial charge in [0.25, 0.3) is 0 Å². The lowest BCUT2D eigenvalue weighted by molar-refractivity contribution is 0.0662. The van der Waals surface area contributed by atoms with Crippen LogP contribution in [-0.2, 0) is 6.54 Å². The van der Waals surface area contributed by atoms with Gasteiger partial charge in [0.05, 0.1) is 5.60 Å². The first-order chi connectivity index (χ1) is 7.96. The second-order valence-electron chi connectivity index (χ2n) is 5.26. The van der Waals surface area contributed by atoms with E-state index in [1.165, 1.54) is 5.56 Å². The van der Waals surface area contributed by atoms with Crippen molar-refractivity contribution in [2.24, 2.45) is 0 Å². The molecule has 0 aliphatic rings. The first-order valence-corrected chi connectivity index (χ1v) is 6.57. The van der Waals surface area contributed by atoms with Crippen LogP contribution >= 0.6 is 0 Å². The fourth-order valence-corrected chi connectivity index (χ4v) is 1.95. The number of nitrogens with zero attached hydrogens (tertiary/aromatic N) is 1. The molecule has 0 saturated carbocycles. The van der Waals surface area contributed by atoms with Crippen LogP contribution < -0.4 is 5.32 Å². The van der Waals surface area contributed by atoms with Gasteiger partial charge in [-0.1, -0.05) is 13.8 Å². The molecule has 2 N–H and O–H groups in total. The van der Waals surface area contributed by atoms with Gasteiger partial charge in [0, 0.05) is 25.0 Å². The Bertz CT molecular complexity index is 325. The minimum atomic E-state index is -0.587. The third-order valence-corrected chi connectivity index (χ3v) is 3.02. The maximum Gasteiger partial charge on any atom is 0.0608 e. The van der Waals surface area contributed by atoms with Gasteiger partial charge in [-0.15, -0.1) is 0 Å². The highest BCUT2D eigenvalue weighted by Gasteiger charge is 2.13. The molecule has 0 radical (unpaired) electrons. The molecule has 1 atom stereocenters. The van der Waals surface area contributed by atoms with Crippen LogP contribution in [-0.4, -0.2) is 21.8 Å². The summed E-state index contributed by atoms with van der Waals surface area (Å²) in [5, 5.41) is 13.2. The maximum absolute atomic E-state index is 9.70. The standard InChI is InChI=1S/C14H26N2O/c1-5-13(15-6-2)12-7-9-16(11-12)10-8-14(3,4)17/h7,9,11,13,15,17H,5-6,8,10H2,1-4H3. The number of aliphatic hydroxyl groups is 1. The molecule has 98 valence electrons. The Morgan fingerprint density at radius 1 is 1.41 bits per heavy atom. The average molecular weight is 238 g/mol. The summed E-state index contributed by atoms with van der Waals surface area (Å²) in [6.07, 6.45) is 6.16. The minimum absolute atomic E-state index is 0.448. The molecule has 1 aromatic heterocycles. The molecule has 0 amide bonds. The van der Waals surface area contributed by atoms with Gasteiger partial charge in [-0.05, 0) is 44.9 Å². The molecule has 3 nitrogen and oxygen atoms in total. The summed E-state index contributed by atoms with van der Waals surface area (Å²) < 4.78 is 2.16. The number of aromatic nitrogens is 1. The van der Waals surface area contributed by atoms with Crippen molar-refractivity contribution in [3.63, 3.8) is 0 Å². The highest BCUT2D eigenvalue weighted by Crippen LogP contribution is 2.18. The highest BCUT2D eigenvalue weighted by molar-refractivity contribution is 5.15. The van der Waals surface area contributed by atoms with Gasteiger partial charge in [-0.2, -0.15) is 0 Å². The monoisotopic (exact) mass is 238 g/mol. The predicted molar refractivity (Wildman–Crippen MR) is 72.1 cm³/mol. The molecule has 1 aromatic rings. The summed E-state index contributed by atoms with van der Waals surface area (Å²) in [7, 11) is 0. The Balaban J connectivity index is 2.58. The molecule has 3 heteroatoms. The first kappa shape index (κ1) is 14.3. The normalized spacial score (nSPS) is 13.9. The number of rotatable bonds is 7. The van der Waals surface area contributed by atoms with Crippen LogP contribution in [0.1, 0.15) is 52.1 Å². The second-order valence-corrected chi connectivity index (χ2v) is 5.26. The molecule has 1 unspecified atom stereocenters. The topological polar surface area (TPSA) is 37.2 Å². The molecule has 0 saturated heterocycles. The van der Waals surface area contributed by atoms with Crippen LogP contribution in [0.3, 0.4) is 0 Å². The summed E-state index contributed by atoms with van der Waals surface area (Å²) in [5.74, 6) is 0. The number of nitrogens with one attached hydrogen (secondary N) is 1. The van der Waals surface area contributed by atoms with E-state index in [4.69, 9.17) is 0 Å². The molecule has 1 rings (SSSR count). The van der Waals surface area contributed by atoms with Gasteiger partial charge in [0.1, 0.15) is 0 Å². The molecule has 17 heavy (non-hydrogen) atoms. The molecule has 0 bridgehead atoms. The van der Waals surface area contributed by atoms with E-state index < -0.39 is 5.60 Å². The van der Waals surface area contributed by atoms with E-state index in [9.17, 15) is 5.11 Å². The molecule has 0 fully saturated rings. The van der Waals surface area contributed by atoms with Crippen molar-refractivity contribution in [1.82, 2.24) is 9.88 Å². The molecule has 0 spiro atoms. The minimum Gasteiger partial charge on any atom is -0.390 e. The fraction of sp³-hybridized carbons (Fsp3) is 0.714. The lowest BCUT2D eigenvalue weighted by Crippen LogP contribution is -2.21. The van der Waals surface area contributed by atoms with E-state index in [-0.39, 0.29) is 0 Å². The SMILES string of the molecule is CCNC(CC)c1ccn(CCC(C)(C)O)c1. The second kappa shape index (κ2) is 6.22. The molecule has 0 aromatic carbocycles. The van der Waals surface area contributed by atoms with E-state index in [0.29, 0.717) is 6.04 Å². The maximum atomic E-state index is 9.70. The summed E-state index contributed by atoms with van der Waals surface area (Å²) in [5.41, 5.74) is 0.751.